The molecule has 0 bridgehead atoms. The van der Waals surface area contributed by atoms with Crippen molar-refractivity contribution in [3.63, 3.8) is 0 Å². The molecule has 7 nitrogen and oxygen atoms in total. The van der Waals surface area contributed by atoms with Gasteiger partial charge in [-0.3, -0.25) is 0 Å². The van der Waals surface area contributed by atoms with Crippen LogP contribution < -0.4 is 25.0 Å². The molecule has 7 heteroatoms. The first-order valence-electron chi connectivity index (χ1n) is 15.4. The molecule has 2 N–H and O–H groups in total. The van der Waals surface area contributed by atoms with Crippen molar-refractivity contribution in [1.29, 1.82) is 0 Å². The van der Waals surface area contributed by atoms with Crippen molar-refractivity contribution in [2.24, 2.45) is 0 Å². The third-order valence-corrected chi connectivity index (χ3v) is 8.12. The number of unbranched alkanes of at least 4 members (excludes halogenated alkanes) is 3. The molecule has 42 heavy (non-hydrogen) atoms. The molecular formula is C35H45N5O2. The number of nitrogens with zero attached hydrogens (tertiary/aromatic N) is 3. The van der Waals surface area contributed by atoms with Gasteiger partial charge in [-0.15, -0.1) is 0 Å². The van der Waals surface area contributed by atoms with Crippen LogP contribution in [0.5, 0.6) is 11.5 Å². The van der Waals surface area contributed by atoms with Gasteiger partial charge in [-0.25, -0.2) is 4.98 Å². The molecule has 3 aromatic carbocycles. The van der Waals surface area contributed by atoms with Crippen LogP contribution in [-0.2, 0) is 0 Å². The quantitative estimate of drug-likeness (QED) is 0.155. The second-order valence-electron chi connectivity index (χ2n) is 11.4. The van der Waals surface area contributed by atoms with Crippen molar-refractivity contribution >= 4 is 22.7 Å². The van der Waals surface area contributed by atoms with E-state index in [9.17, 15) is 0 Å². The topological polar surface area (TPSA) is 71.5 Å². The number of anilines is 2. The molecule has 0 atom stereocenters. The third-order valence-electron chi connectivity index (χ3n) is 8.12. The van der Waals surface area contributed by atoms with E-state index in [-0.39, 0.29) is 0 Å². The first-order valence-corrected chi connectivity index (χ1v) is 15.4. The van der Waals surface area contributed by atoms with E-state index in [4.69, 9.17) is 19.4 Å². The summed E-state index contributed by atoms with van der Waals surface area (Å²) in [5.74, 6) is 3.51. The van der Waals surface area contributed by atoms with E-state index < -0.39 is 0 Å². The molecule has 5 rings (SSSR count). The largest absolute Gasteiger partial charge is 0.497 e. The second-order valence-corrected chi connectivity index (χ2v) is 11.4. The highest BCUT2D eigenvalue weighted by Crippen LogP contribution is 2.27. The molecule has 1 fully saturated rings. The third kappa shape index (κ3) is 8.13. The molecule has 222 valence electrons. The summed E-state index contributed by atoms with van der Waals surface area (Å²) in [6.45, 7) is 1.86. The standard InChI is InChI=1S/C35H45N5O2/c1-40(2)34-32-10-6-7-11-33(32)38-35(39-34)37-29-18-16-28(17-19-29)36-24-8-4-5-9-25-42-31-22-14-27(15-23-31)26-12-20-30(41-3)21-13-26/h6-7,10-15,20-23,28-29,36H,4-5,8-9,16-19,24-25H2,1-3H3,(H,37,38,39). The summed E-state index contributed by atoms with van der Waals surface area (Å²) in [4.78, 5) is 11.7. The lowest BCUT2D eigenvalue weighted by Crippen LogP contribution is -2.37. The molecule has 0 spiro atoms. The van der Waals surface area contributed by atoms with Crippen LogP contribution in [0.4, 0.5) is 11.8 Å². The number of hydrogen-bond donors (Lipinski definition) is 2. The van der Waals surface area contributed by atoms with Gasteiger partial charge < -0.3 is 25.0 Å². The average molecular weight is 568 g/mol. The summed E-state index contributed by atoms with van der Waals surface area (Å²) in [6, 6.07) is 25.8. The lowest BCUT2D eigenvalue weighted by molar-refractivity contribution is 0.303. The number of aromatic nitrogens is 2. The molecule has 1 aliphatic carbocycles. The summed E-state index contributed by atoms with van der Waals surface area (Å²) in [5, 5.41) is 8.50. The zero-order valence-electron chi connectivity index (χ0n) is 25.3. The lowest BCUT2D eigenvalue weighted by Gasteiger charge is -2.30. The summed E-state index contributed by atoms with van der Waals surface area (Å²) in [6.07, 6.45) is 9.40. The van der Waals surface area contributed by atoms with Crippen LogP contribution >= 0.6 is 0 Å². The predicted molar refractivity (Wildman–Crippen MR) is 174 cm³/mol. The van der Waals surface area contributed by atoms with Gasteiger partial charge in [0.25, 0.3) is 0 Å². The maximum absolute atomic E-state index is 5.97. The Morgan fingerprint density at radius 3 is 2.07 bits per heavy atom. The molecule has 1 aliphatic rings. The second kappa shape index (κ2) is 14.9. The van der Waals surface area contributed by atoms with E-state index in [1.165, 1.54) is 43.2 Å². The zero-order valence-corrected chi connectivity index (χ0v) is 25.3. The molecule has 0 radical (unpaired) electrons. The first kappa shape index (κ1) is 29.6. The Kier molecular flexibility index (Phi) is 10.5. The monoisotopic (exact) mass is 567 g/mol. The number of methoxy groups -OCH3 is 1. The fraction of sp³-hybridized carbons (Fsp3) is 0.429. The van der Waals surface area contributed by atoms with Crippen LogP contribution in [0.3, 0.4) is 0 Å². The van der Waals surface area contributed by atoms with E-state index in [1.54, 1.807) is 7.11 Å². The van der Waals surface area contributed by atoms with Crippen LogP contribution in [0.25, 0.3) is 22.0 Å². The highest BCUT2D eigenvalue weighted by molar-refractivity contribution is 5.90. The van der Waals surface area contributed by atoms with Crippen LogP contribution in [0.15, 0.2) is 72.8 Å². The molecule has 1 heterocycles. The van der Waals surface area contributed by atoms with Gasteiger partial charge in [0, 0.05) is 31.6 Å². The Bertz CT molecular complexity index is 1380. The highest BCUT2D eigenvalue weighted by atomic mass is 16.5. The van der Waals surface area contributed by atoms with E-state index in [0.29, 0.717) is 12.1 Å². The minimum absolute atomic E-state index is 0.429. The van der Waals surface area contributed by atoms with Gasteiger partial charge in [0.2, 0.25) is 5.95 Å². The molecule has 0 amide bonds. The number of rotatable bonds is 14. The molecule has 0 aliphatic heterocycles. The van der Waals surface area contributed by atoms with Gasteiger partial charge in [-0.2, -0.15) is 4.98 Å². The Morgan fingerprint density at radius 1 is 0.738 bits per heavy atom. The Hall–Kier alpha value is -3.84. The smallest absolute Gasteiger partial charge is 0.225 e. The van der Waals surface area contributed by atoms with Crippen molar-refractivity contribution in [3.05, 3.63) is 72.8 Å². The van der Waals surface area contributed by atoms with Gasteiger partial charge in [-0.05, 0) is 92.6 Å². The van der Waals surface area contributed by atoms with Gasteiger partial charge in [0.1, 0.15) is 17.3 Å². The Morgan fingerprint density at radius 2 is 1.38 bits per heavy atom. The fourth-order valence-electron chi connectivity index (χ4n) is 5.69. The van der Waals surface area contributed by atoms with E-state index >= 15 is 0 Å². The molecule has 4 aromatic rings. The van der Waals surface area contributed by atoms with Crippen molar-refractivity contribution < 1.29 is 9.47 Å². The van der Waals surface area contributed by atoms with Crippen molar-refractivity contribution in [2.45, 2.75) is 63.5 Å². The minimum Gasteiger partial charge on any atom is -0.497 e. The maximum atomic E-state index is 5.97. The number of para-hydroxylation sites is 1. The van der Waals surface area contributed by atoms with Crippen LogP contribution in [-0.4, -0.2) is 56.4 Å². The number of fused-ring (bicyclic) bond motifs is 1. The Balaban J connectivity index is 0.930. The van der Waals surface area contributed by atoms with Gasteiger partial charge >= 0.3 is 0 Å². The van der Waals surface area contributed by atoms with Gasteiger partial charge in [-0.1, -0.05) is 49.2 Å². The van der Waals surface area contributed by atoms with Gasteiger partial charge in [0.05, 0.1) is 19.2 Å². The maximum Gasteiger partial charge on any atom is 0.225 e. The number of benzene rings is 3. The van der Waals surface area contributed by atoms with Crippen LogP contribution in [0.2, 0.25) is 0 Å². The molecule has 1 saturated carbocycles. The van der Waals surface area contributed by atoms with Crippen molar-refractivity contribution in [2.75, 3.05) is 44.6 Å². The molecular weight excluding hydrogens is 522 g/mol. The van der Waals surface area contributed by atoms with E-state index in [2.05, 4.69) is 64.1 Å². The summed E-state index contributed by atoms with van der Waals surface area (Å²) < 4.78 is 11.2. The SMILES string of the molecule is COc1ccc(-c2ccc(OCCCCCCNC3CCC(Nc4nc(N(C)C)c5ccccc5n4)CC3)cc2)cc1. The fourth-order valence-corrected chi connectivity index (χ4v) is 5.69. The number of hydrogen-bond acceptors (Lipinski definition) is 7. The first-order chi connectivity index (χ1) is 20.6. The van der Waals surface area contributed by atoms with Gasteiger partial charge in [0.15, 0.2) is 0 Å². The highest BCUT2D eigenvalue weighted by Gasteiger charge is 2.22. The van der Waals surface area contributed by atoms with Crippen LogP contribution in [0.1, 0.15) is 51.4 Å². The van der Waals surface area contributed by atoms with E-state index in [0.717, 1.165) is 66.6 Å². The van der Waals surface area contributed by atoms with E-state index in [1.807, 2.05) is 38.4 Å². The number of ether oxygens (including phenoxy) is 2. The van der Waals surface area contributed by atoms with Crippen LogP contribution in [0, 0.1) is 0 Å². The molecule has 0 saturated heterocycles. The zero-order chi connectivity index (χ0) is 29.1. The molecule has 1 aromatic heterocycles. The average Bonchev–Trinajstić information content (AvgIpc) is 3.03. The van der Waals surface area contributed by atoms with Crippen molar-refractivity contribution in [1.82, 2.24) is 15.3 Å². The summed E-state index contributed by atoms with van der Waals surface area (Å²) >= 11 is 0. The predicted octanol–water partition coefficient (Wildman–Crippen LogP) is 7.32. The Labute approximate surface area is 250 Å². The lowest BCUT2D eigenvalue weighted by atomic mass is 9.91. The number of nitrogens with one attached hydrogen (secondary N) is 2. The summed E-state index contributed by atoms with van der Waals surface area (Å²) in [5.41, 5.74) is 3.34. The minimum atomic E-state index is 0.429. The molecule has 0 unspecified atom stereocenters. The van der Waals surface area contributed by atoms with Crippen molar-refractivity contribution in [3.8, 4) is 22.6 Å². The summed E-state index contributed by atoms with van der Waals surface area (Å²) in [7, 11) is 5.76. The normalized spacial score (nSPS) is 16.7.